The number of hydrogen-bond acceptors (Lipinski definition) is 4. The normalized spacial score (nSPS) is 13.0. The highest BCUT2D eigenvalue weighted by Gasteiger charge is 2.30. The first-order valence-electron chi connectivity index (χ1n) is 12.2. The van der Waals surface area contributed by atoms with E-state index in [2.05, 4.69) is 0 Å². The molecule has 1 saturated heterocycles. The van der Waals surface area contributed by atoms with Crippen LogP contribution in [0.4, 0.5) is 11.4 Å². The van der Waals surface area contributed by atoms with E-state index in [1.165, 1.54) is 4.90 Å². The molecular weight excluding hydrogens is 464 g/mol. The van der Waals surface area contributed by atoms with Crippen LogP contribution >= 0.6 is 0 Å². The van der Waals surface area contributed by atoms with Crippen molar-refractivity contribution in [2.75, 3.05) is 9.80 Å². The lowest BCUT2D eigenvalue weighted by Crippen LogP contribution is -2.31. The molecule has 4 aromatic rings. The van der Waals surface area contributed by atoms with E-state index >= 15 is 0 Å². The van der Waals surface area contributed by atoms with Crippen LogP contribution in [0.2, 0.25) is 0 Å². The molecule has 6 nitrogen and oxygen atoms in total. The lowest BCUT2D eigenvalue weighted by molar-refractivity contribution is -0.121. The third-order valence-electron chi connectivity index (χ3n) is 6.25. The van der Waals surface area contributed by atoms with Gasteiger partial charge in [0.2, 0.25) is 11.8 Å². The summed E-state index contributed by atoms with van der Waals surface area (Å²) >= 11 is 0. The first-order chi connectivity index (χ1) is 18.1. The molecule has 0 aliphatic carbocycles. The smallest absolute Gasteiger partial charge is 0.258 e. The van der Waals surface area contributed by atoms with Crippen molar-refractivity contribution in [3.05, 3.63) is 126 Å². The van der Waals surface area contributed by atoms with Crippen molar-refractivity contribution in [2.45, 2.75) is 26.0 Å². The molecule has 0 radical (unpaired) electrons. The van der Waals surface area contributed by atoms with Crippen LogP contribution in [0.15, 0.2) is 109 Å². The number of carbonyl (C=O) groups is 3. The maximum absolute atomic E-state index is 13.6. The van der Waals surface area contributed by atoms with Crippen LogP contribution < -0.4 is 14.5 Å². The van der Waals surface area contributed by atoms with Crippen molar-refractivity contribution in [1.29, 1.82) is 0 Å². The maximum atomic E-state index is 13.6. The van der Waals surface area contributed by atoms with Crippen LogP contribution in [0.5, 0.6) is 5.75 Å². The quantitative estimate of drug-likeness (QED) is 0.294. The number of nitrogens with zero attached hydrogens (tertiary/aromatic N) is 2. The summed E-state index contributed by atoms with van der Waals surface area (Å²) in [6, 6.07) is 33.8. The Kier molecular flexibility index (Phi) is 7.08. The fourth-order valence-electron chi connectivity index (χ4n) is 4.28. The van der Waals surface area contributed by atoms with Gasteiger partial charge in [-0.25, -0.2) is 0 Å². The van der Waals surface area contributed by atoms with Crippen LogP contribution in [0.25, 0.3) is 0 Å². The predicted molar refractivity (Wildman–Crippen MR) is 142 cm³/mol. The minimum Gasteiger partial charge on any atom is -0.489 e. The molecule has 1 aliphatic rings. The van der Waals surface area contributed by atoms with Crippen LogP contribution in [-0.2, 0) is 22.7 Å². The summed E-state index contributed by atoms with van der Waals surface area (Å²) in [4.78, 5) is 40.6. The fourth-order valence-corrected chi connectivity index (χ4v) is 4.28. The lowest BCUT2D eigenvalue weighted by Gasteiger charge is -2.24. The Balaban J connectivity index is 1.32. The van der Waals surface area contributed by atoms with Gasteiger partial charge < -0.3 is 9.64 Å². The summed E-state index contributed by atoms with van der Waals surface area (Å²) in [5.41, 5.74) is 3.77. The van der Waals surface area contributed by atoms with Gasteiger partial charge in [0.15, 0.2) is 0 Å². The number of hydrogen-bond donors (Lipinski definition) is 0. The van der Waals surface area contributed by atoms with Gasteiger partial charge in [-0.2, -0.15) is 0 Å². The molecule has 0 bridgehead atoms. The van der Waals surface area contributed by atoms with Crippen molar-refractivity contribution >= 4 is 29.1 Å². The van der Waals surface area contributed by atoms with Gasteiger partial charge in [0.25, 0.3) is 5.91 Å². The van der Waals surface area contributed by atoms with E-state index in [1.807, 2.05) is 84.9 Å². The van der Waals surface area contributed by atoms with Crippen LogP contribution in [0, 0.1) is 0 Å². The van der Waals surface area contributed by atoms with Crippen molar-refractivity contribution in [2.24, 2.45) is 0 Å². The van der Waals surface area contributed by atoms with Gasteiger partial charge in [-0.1, -0.05) is 60.7 Å². The first kappa shape index (κ1) is 24.0. The van der Waals surface area contributed by atoms with E-state index in [0.29, 0.717) is 24.4 Å². The zero-order valence-corrected chi connectivity index (χ0v) is 20.2. The van der Waals surface area contributed by atoms with E-state index in [-0.39, 0.29) is 30.6 Å². The molecular formula is C31H26N2O4. The third-order valence-corrected chi connectivity index (χ3v) is 6.25. The molecule has 1 fully saturated rings. The van der Waals surface area contributed by atoms with Crippen LogP contribution in [0.3, 0.4) is 0 Å². The van der Waals surface area contributed by atoms with Crippen molar-refractivity contribution in [1.82, 2.24) is 0 Å². The van der Waals surface area contributed by atoms with E-state index in [9.17, 15) is 14.4 Å². The monoisotopic (exact) mass is 490 g/mol. The van der Waals surface area contributed by atoms with E-state index in [4.69, 9.17) is 4.74 Å². The second-order valence-corrected chi connectivity index (χ2v) is 8.81. The number of amides is 3. The highest BCUT2D eigenvalue weighted by Crippen LogP contribution is 2.25. The van der Waals surface area contributed by atoms with Gasteiger partial charge in [0.1, 0.15) is 12.4 Å². The summed E-state index contributed by atoms with van der Waals surface area (Å²) in [6.07, 6.45) is 0.439. The number of anilines is 2. The first-order valence-corrected chi connectivity index (χ1v) is 12.2. The van der Waals surface area contributed by atoms with Gasteiger partial charge in [-0.05, 0) is 59.7 Å². The number of imide groups is 1. The minimum absolute atomic E-state index is 0.179. The number of para-hydroxylation sites is 1. The molecule has 4 aromatic carbocycles. The second kappa shape index (κ2) is 10.9. The van der Waals surface area contributed by atoms with Crippen molar-refractivity contribution < 1.29 is 19.1 Å². The van der Waals surface area contributed by atoms with Crippen LogP contribution in [0.1, 0.15) is 34.3 Å². The Morgan fingerprint density at radius 1 is 0.703 bits per heavy atom. The molecule has 0 aromatic heterocycles. The predicted octanol–water partition coefficient (Wildman–Crippen LogP) is 5.77. The average molecular weight is 491 g/mol. The highest BCUT2D eigenvalue weighted by atomic mass is 16.5. The Labute approximate surface area is 215 Å². The van der Waals surface area contributed by atoms with E-state index in [1.54, 1.807) is 29.2 Å². The summed E-state index contributed by atoms with van der Waals surface area (Å²) < 4.78 is 5.89. The van der Waals surface area contributed by atoms with Crippen molar-refractivity contribution in [3.8, 4) is 5.75 Å². The zero-order valence-electron chi connectivity index (χ0n) is 20.2. The third kappa shape index (κ3) is 5.59. The molecule has 1 aliphatic heterocycles. The second-order valence-electron chi connectivity index (χ2n) is 8.81. The van der Waals surface area contributed by atoms with Gasteiger partial charge in [0.05, 0.1) is 12.2 Å². The molecule has 184 valence electrons. The molecule has 0 N–H and O–H groups in total. The van der Waals surface area contributed by atoms with Gasteiger partial charge in [-0.3, -0.25) is 19.3 Å². The number of carbonyl (C=O) groups excluding carboxylic acids is 3. The van der Waals surface area contributed by atoms with Gasteiger partial charge >= 0.3 is 0 Å². The van der Waals surface area contributed by atoms with Crippen molar-refractivity contribution in [3.63, 3.8) is 0 Å². The lowest BCUT2D eigenvalue weighted by atomic mass is 10.1. The topological polar surface area (TPSA) is 66.9 Å². The molecule has 37 heavy (non-hydrogen) atoms. The summed E-state index contributed by atoms with van der Waals surface area (Å²) in [5.74, 6) is 0.144. The largest absolute Gasteiger partial charge is 0.489 e. The van der Waals surface area contributed by atoms with E-state index in [0.717, 1.165) is 22.6 Å². The summed E-state index contributed by atoms with van der Waals surface area (Å²) in [6.45, 7) is 0.853. The SMILES string of the molecule is O=C(c1ccc(N2C(=O)CCC2=O)cc1)N(Cc1ccc(OCc2ccccc2)cc1)c1ccccc1. The number of ether oxygens (including phenoxy) is 1. The standard InChI is InChI=1S/C31H26N2O4/c34-29-19-20-30(35)33(29)27-15-13-25(14-16-27)31(36)32(26-9-5-2-6-10-26)21-23-11-17-28(18-12-23)37-22-24-7-3-1-4-8-24/h1-18H,19-22H2. The molecule has 1 heterocycles. The molecule has 0 atom stereocenters. The Morgan fingerprint density at radius 3 is 1.92 bits per heavy atom. The van der Waals surface area contributed by atoms with Gasteiger partial charge in [0, 0.05) is 24.1 Å². The molecule has 5 rings (SSSR count). The van der Waals surface area contributed by atoms with Crippen LogP contribution in [-0.4, -0.2) is 17.7 Å². The van der Waals surface area contributed by atoms with E-state index < -0.39 is 0 Å². The Morgan fingerprint density at radius 2 is 1.30 bits per heavy atom. The molecule has 3 amide bonds. The average Bonchev–Trinajstić information content (AvgIpc) is 3.29. The molecule has 0 spiro atoms. The Hall–Kier alpha value is -4.71. The van der Waals surface area contributed by atoms with Gasteiger partial charge in [-0.15, -0.1) is 0 Å². The zero-order chi connectivity index (χ0) is 25.6. The minimum atomic E-state index is -0.216. The summed E-state index contributed by atoms with van der Waals surface area (Å²) in [7, 11) is 0. The maximum Gasteiger partial charge on any atom is 0.258 e. The summed E-state index contributed by atoms with van der Waals surface area (Å²) in [5, 5.41) is 0. The Bertz CT molecular complexity index is 1370. The number of rotatable bonds is 8. The molecule has 0 unspecified atom stereocenters. The fraction of sp³-hybridized carbons (Fsp3) is 0.129. The highest BCUT2D eigenvalue weighted by molar-refractivity contribution is 6.20. The molecule has 6 heteroatoms. The number of benzene rings is 4. The molecule has 0 saturated carbocycles.